The van der Waals surface area contributed by atoms with Gasteiger partial charge in [0.25, 0.3) is 5.91 Å². The zero-order valence-electron chi connectivity index (χ0n) is 16.3. The van der Waals surface area contributed by atoms with Crippen molar-refractivity contribution in [2.75, 3.05) is 0 Å². The van der Waals surface area contributed by atoms with E-state index in [9.17, 15) is 18.0 Å². The summed E-state index contributed by atoms with van der Waals surface area (Å²) in [5, 5.41) is 3.96. The Kier molecular flexibility index (Phi) is 6.12. The summed E-state index contributed by atoms with van der Waals surface area (Å²) in [6.45, 7) is 0.775. The van der Waals surface area contributed by atoms with Crippen LogP contribution in [0.5, 0.6) is 0 Å². The number of aromatic nitrogens is 3. The Morgan fingerprint density at radius 2 is 1.90 bits per heavy atom. The first kappa shape index (κ1) is 21.9. The molecular formula is C21H19Cl2F3N4O. The van der Waals surface area contributed by atoms with Crippen LogP contribution in [0.3, 0.4) is 0 Å². The number of halogens is 5. The summed E-state index contributed by atoms with van der Waals surface area (Å²) >= 11 is 11.9. The van der Waals surface area contributed by atoms with Crippen molar-refractivity contribution < 1.29 is 18.0 Å². The van der Waals surface area contributed by atoms with Gasteiger partial charge in [0, 0.05) is 30.4 Å². The van der Waals surface area contributed by atoms with Crippen LogP contribution >= 0.6 is 23.2 Å². The number of hydrogen-bond donors (Lipinski definition) is 1. The minimum absolute atomic E-state index is 0.000627. The molecule has 1 aliphatic carbocycles. The highest BCUT2D eigenvalue weighted by Crippen LogP contribution is 2.32. The van der Waals surface area contributed by atoms with Gasteiger partial charge in [-0.15, -0.1) is 0 Å². The van der Waals surface area contributed by atoms with Crippen molar-refractivity contribution in [1.82, 2.24) is 19.9 Å². The van der Waals surface area contributed by atoms with Gasteiger partial charge in [-0.05, 0) is 67.5 Å². The lowest BCUT2D eigenvalue weighted by Crippen LogP contribution is -2.38. The standard InChI is InChI=1S/C21H19Cl2F3N4O/c22-17-6-3-14(21(24,25)26)9-16(17)19(31)28-15-4-1-12(2-5-15)11-30-8-7-13-10-27-20(23)29-18(13)30/h3,6-10,12,15H,1-2,4-5,11H2,(H,28,31). The van der Waals surface area contributed by atoms with Crippen molar-refractivity contribution in [3.63, 3.8) is 0 Å². The second-order valence-corrected chi connectivity index (χ2v) is 8.51. The molecule has 0 bridgehead atoms. The molecule has 0 aliphatic heterocycles. The molecule has 10 heteroatoms. The number of nitrogens with one attached hydrogen (secondary N) is 1. The summed E-state index contributed by atoms with van der Waals surface area (Å²) in [6, 6.07) is 4.61. The number of hydrogen-bond acceptors (Lipinski definition) is 3. The van der Waals surface area contributed by atoms with E-state index in [-0.39, 0.29) is 21.9 Å². The Labute approximate surface area is 186 Å². The molecule has 2 aromatic heterocycles. The van der Waals surface area contributed by atoms with Gasteiger partial charge in [0.1, 0.15) is 5.65 Å². The third-order valence-corrected chi connectivity index (χ3v) is 6.16. The molecule has 1 aliphatic rings. The van der Waals surface area contributed by atoms with Crippen molar-refractivity contribution >= 4 is 40.1 Å². The SMILES string of the molecule is O=C(NC1CCC(Cn2ccc3cnc(Cl)nc32)CC1)c1cc(C(F)(F)F)ccc1Cl. The molecule has 5 nitrogen and oxygen atoms in total. The molecule has 4 rings (SSSR count). The maximum atomic E-state index is 12.9. The Balaban J connectivity index is 1.36. The van der Waals surface area contributed by atoms with Gasteiger partial charge in [-0.1, -0.05) is 11.6 Å². The molecule has 1 amide bonds. The first-order valence-electron chi connectivity index (χ1n) is 9.85. The van der Waals surface area contributed by atoms with E-state index in [1.165, 1.54) is 0 Å². The zero-order valence-corrected chi connectivity index (χ0v) is 17.8. The molecule has 1 saturated carbocycles. The summed E-state index contributed by atoms with van der Waals surface area (Å²) in [6.07, 6.45) is 2.34. The van der Waals surface area contributed by atoms with Gasteiger partial charge < -0.3 is 9.88 Å². The van der Waals surface area contributed by atoms with E-state index >= 15 is 0 Å². The molecule has 0 spiro atoms. The number of fused-ring (bicyclic) bond motifs is 1. The number of carbonyl (C=O) groups is 1. The van der Waals surface area contributed by atoms with Crippen LogP contribution in [0.25, 0.3) is 11.0 Å². The first-order valence-corrected chi connectivity index (χ1v) is 10.6. The van der Waals surface area contributed by atoms with Crippen LogP contribution < -0.4 is 5.32 Å². The van der Waals surface area contributed by atoms with Gasteiger partial charge in [0.15, 0.2) is 0 Å². The fourth-order valence-electron chi connectivity index (χ4n) is 4.00. The summed E-state index contributed by atoms with van der Waals surface area (Å²) in [5.41, 5.74) is -0.266. The van der Waals surface area contributed by atoms with Crippen LogP contribution in [0.2, 0.25) is 10.3 Å². The van der Waals surface area contributed by atoms with E-state index in [0.29, 0.717) is 5.92 Å². The molecule has 0 radical (unpaired) electrons. The lowest BCUT2D eigenvalue weighted by molar-refractivity contribution is -0.137. The summed E-state index contributed by atoms with van der Waals surface area (Å²) in [5.74, 6) is -0.183. The van der Waals surface area contributed by atoms with Crippen LogP contribution in [-0.2, 0) is 12.7 Å². The smallest absolute Gasteiger partial charge is 0.349 e. The Morgan fingerprint density at radius 3 is 2.61 bits per heavy atom. The Hall–Kier alpha value is -2.32. The van der Waals surface area contributed by atoms with Crippen molar-refractivity contribution in [2.24, 2.45) is 5.92 Å². The number of alkyl halides is 3. The summed E-state index contributed by atoms with van der Waals surface area (Å²) < 4.78 is 40.9. The maximum absolute atomic E-state index is 12.9. The van der Waals surface area contributed by atoms with E-state index < -0.39 is 17.6 Å². The Bertz CT molecular complexity index is 1110. The van der Waals surface area contributed by atoms with E-state index in [2.05, 4.69) is 19.9 Å². The van der Waals surface area contributed by atoms with E-state index in [4.69, 9.17) is 23.2 Å². The van der Waals surface area contributed by atoms with Gasteiger partial charge in [-0.2, -0.15) is 18.2 Å². The molecule has 164 valence electrons. The molecule has 1 N–H and O–H groups in total. The highest BCUT2D eigenvalue weighted by atomic mass is 35.5. The second kappa shape index (κ2) is 8.67. The lowest BCUT2D eigenvalue weighted by atomic mass is 9.86. The third-order valence-electron chi connectivity index (χ3n) is 5.65. The molecular weight excluding hydrogens is 452 g/mol. The van der Waals surface area contributed by atoms with E-state index in [1.807, 2.05) is 12.3 Å². The number of amides is 1. The maximum Gasteiger partial charge on any atom is 0.416 e. The predicted molar refractivity (Wildman–Crippen MR) is 112 cm³/mol. The fourth-order valence-corrected chi connectivity index (χ4v) is 4.34. The van der Waals surface area contributed by atoms with Gasteiger partial charge >= 0.3 is 6.18 Å². The molecule has 31 heavy (non-hydrogen) atoms. The number of carbonyl (C=O) groups excluding carboxylic acids is 1. The van der Waals surface area contributed by atoms with Gasteiger partial charge in [0.2, 0.25) is 5.28 Å². The van der Waals surface area contributed by atoms with Crippen LogP contribution in [0, 0.1) is 5.92 Å². The first-order chi connectivity index (χ1) is 14.7. The zero-order chi connectivity index (χ0) is 22.2. The molecule has 1 fully saturated rings. The third kappa shape index (κ3) is 4.96. The highest BCUT2D eigenvalue weighted by Gasteiger charge is 2.32. The average molecular weight is 471 g/mol. The van der Waals surface area contributed by atoms with Gasteiger partial charge in [-0.25, -0.2) is 4.98 Å². The topological polar surface area (TPSA) is 59.8 Å². The van der Waals surface area contributed by atoms with Crippen molar-refractivity contribution in [1.29, 1.82) is 0 Å². The molecule has 1 aromatic carbocycles. The summed E-state index contributed by atoms with van der Waals surface area (Å²) in [7, 11) is 0. The number of rotatable bonds is 4. The number of nitrogens with zero attached hydrogens (tertiary/aromatic N) is 3. The monoisotopic (exact) mass is 470 g/mol. The predicted octanol–water partition coefficient (Wildman–Crippen LogP) is 5.75. The minimum Gasteiger partial charge on any atom is -0.349 e. The lowest BCUT2D eigenvalue weighted by Gasteiger charge is -2.29. The largest absolute Gasteiger partial charge is 0.416 e. The second-order valence-electron chi connectivity index (χ2n) is 7.77. The average Bonchev–Trinajstić information content (AvgIpc) is 3.10. The molecule has 0 unspecified atom stereocenters. The van der Waals surface area contributed by atoms with E-state index in [0.717, 1.165) is 61.5 Å². The van der Waals surface area contributed by atoms with Gasteiger partial charge in [-0.3, -0.25) is 4.79 Å². The van der Waals surface area contributed by atoms with Crippen LogP contribution in [0.1, 0.15) is 41.6 Å². The van der Waals surface area contributed by atoms with Crippen molar-refractivity contribution in [3.8, 4) is 0 Å². The minimum atomic E-state index is -4.53. The molecule has 2 heterocycles. The van der Waals surface area contributed by atoms with E-state index in [1.54, 1.807) is 6.20 Å². The summed E-state index contributed by atoms with van der Waals surface area (Å²) in [4.78, 5) is 20.8. The number of benzene rings is 1. The fraction of sp³-hybridized carbons (Fsp3) is 0.381. The quantitative estimate of drug-likeness (QED) is 0.494. The Morgan fingerprint density at radius 1 is 1.16 bits per heavy atom. The van der Waals surface area contributed by atoms with Crippen molar-refractivity contribution in [3.05, 3.63) is 58.1 Å². The molecule has 3 aromatic rings. The van der Waals surface area contributed by atoms with Crippen LogP contribution in [-0.4, -0.2) is 26.5 Å². The molecule has 0 atom stereocenters. The highest BCUT2D eigenvalue weighted by molar-refractivity contribution is 6.33. The van der Waals surface area contributed by atoms with Crippen LogP contribution in [0.4, 0.5) is 13.2 Å². The normalized spacial score (nSPS) is 19.5. The van der Waals surface area contributed by atoms with Crippen molar-refractivity contribution in [2.45, 2.75) is 44.4 Å². The van der Waals surface area contributed by atoms with Gasteiger partial charge in [0.05, 0.1) is 16.1 Å². The molecule has 0 saturated heterocycles. The van der Waals surface area contributed by atoms with Crippen LogP contribution in [0.15, 0.2) is 36.7 Å².